The summed E-state index contributed by atoms with van der Waals surface area (Å²) in [6, 6.07) is -5.07. The van der Waals surface area contributed by atoms with E-state index >= 15 is 0 Å². The van der Waals surface area contributed by atoms with Crippen LogP contribution in [0, 0.1) is 5.92 Å². The average Bonchev–Trinajstić information content (AvgIpc) is 3.25. The predicted octanol–water partition coefficient (Wildman–Crippen LogP) is -5.93. The molecule has 1 saturated carbocycles. The largest absolute Gasteiger partial charge is 0.394 e. The van der Waals surface area contributed by atoms with Gasteiger partial charge in [-0.25, -0.2) is 8.78 Å². The molecule has 3 aliphatic heterocycles. The number of hydrogen-bond donors (Lipinski definition) is 11. The van der Waals surface area contributed by atoms with Crippen molar-refractivity contribution >= 4 is 0 Å². The highest BCUT2D eigenvalue weighted by Crippen LogP contribution is 2.38. The van der Waals surface area contributed by atoms with Crippen molar-refractivity contribution in [2.75, 3.05) is 13.2 Å². The summed E-state index contributed by atoms with van der Waals surface area (Å²) in [5.41, 5.74) is 36.1. The lowest BCUT2D eigenvalue weighted by molar-refractivity contribution is -0.280. The van der Waals surface area contributed by atoms with Gasteiger partial charge >= 0.3 is 0 Å². The lowest BCUT2D eigenvalue weighted by Gasteiger charge is -2.50. The molecule has 17 N–H and O–H groups in total. The highest BCUT2D eigenvalue weighted by Gasteiger charge is 2.55. The fourth-order valence-corrected chi connectivity index (χ4v) is 6.35. The third-order valence-electron chi connectivity index (χ3n) is 8.87. The van der Waals surface area contributed by atoms with Crippen LogP contribution in [-0.2, 0) is 23.7 Å². The molecule has 0 amide bonds. The zero-order chi connectivity index (χ0) is 31.0. The summed E-state index contributed by atoms with van der Waals surface area (Å²) in [4.78, 5) is 0. The van der Waals surface area contributed by atoms with Gasteiger partial charge in [0.15, 0.2) is 12.6 Å². The molecule has 0 aromatic carbocycles. The summed E-state index contributed by atoms with van der Waals surface area (Å²) in [6.07, 6.45) is -17.6. The third kappa shape index (κ3) is 6.74. The summed E-state index contributed by atoms with van der Waals surface area (Å²) < 4.78 is 55.9. The third-order valence-corrected chi connectivity index (χ3v) is 8.87. The first-order valence-corrected chi connectivity index (χ1v) is 14.2. The van der Waals surface area contributed by atoms with E-state index in [9.17, 15) is 34.3 Å². The summed E-state index contributed by atoms with van der Waals surface area (Å²) in [7, 11) is 0. The Morgan fingerprint density at radius 2 is 1.40 bits per heavy atom. The fourth-order valence-electron chi connectivity index (χ4n) is 6.35. The van der Waals surface area contributed by atoms with Gasteiger partial charge in [0.1, 0.15) is 36.6 Å². The molecule has 18 atom stereocenters. The smallest absolute Gasteiger partial charge is 0.256 e. The monoisotopic (exact) mass is 616 g/mol. The van der Waals surface area contributed by atoms with Crippen molar-refractivity contribution in [2.45, 2.75) is 130 Å². The SMILES string of the molecule is NC[C@@H]1O[C@H](O[C@H]2[C@@H](O)[C@H](O[C@H]3C(C4O[C@H]([C@@H](N)C(F)F)CC[C@H]4N)[C@@H](N)C[C@@H](N)[C@@H]3O)O[C@@H]2CO)[C@H](N)[C@@H](O)[C@@H]1O. The molecule has 0 bridgehead atoms. The van der Waals surface area contributed by atoms with Gasteiger partial charge in [-0.1, -0.05) is 0 Å². The van der Waals surface area contributed by atoms with Crippen LogP contribution in [0.1, 0.15) is 19.3 Å². The molecular weight excluding hydrogens is 570 g/mol. The molecule has 2 unspecified atom stereocenters. The Bertz CT molecular complexity index is 875. The van der Waals surface area contributed by atoms with Gasteiger partial charge in [0.25, 0.3) is 6.43 Å². The summed E-state index contributed by atoms with van der Waals surface area (Å²) in [5.74, 6) is -0.872. The van der Waals surface area contributed by atoms with E-state index in [0.29, 0.717) is 6.42 Å². The minimum absolute atomic E-state index is 0.135. The summed E-state index contributed by atoms with van der Waals surface area (Å²) in [5, 5.41) is 52.6. The highest BCUT2D eigenvalue weighted by atomic mass is 19.3. The Morgan fingerprint density at radius 3 is 2.02 bits per heavy atom. The molecule has 246 valence electrons. The maximum absolute atomic E-state index is 13.4. The molecule has 0 spiro atoms. The normalized spacial score (nSPS) is 51.1. The molecule has 0 aromatic rings. The van der Waals surface area contributed by atoms with Crippen LogP contribution in [0.4, 0.5) is 8.78 Å². The fraction of sp³-hybridized carbons (Fsp3) is 1.00. The van der Waals surface area contributed by atoms with Crippen molar-refractivity contribution < 1.29 is 58.0 Å². The van der Waals surface area contributed by atoms with Gasteiger partial charge in [-0.05, 0) is 19.3 Å². The topological polar surface area (TPSA) is 303 Å². The number of aliphatic hydroxyl groups excluding tert-OH is 5. The minimum atomic E-state index is -2.84. The minimum Gasteiger partial charge on any atom is -0.394 e. The maximum Gasteiger partial charge on any atom is 0.256 e. The van der Waals surface area contributed by atoms with Crippen LogP contribution >= 0.6 is 0 Å². The number of hydrogen-bond acceptors (Lipinski definition) is 16. The van der Waals surface area contributed by atoms with Gasteiger partial charge in [-0.3, -0.25) is 0 Å². The summed E-state index contributed by atoms with van der Waals surface area (Å²) in [6.45, 7) is -0.811. The predicted molar refractivity (Wildman–Crippen MR) is 139 cm³/mol. The lowest BCUT2D eigenvalue weighted by Crippen LogP contribution is -2.67. The van der Waals surface area contributed by atoms with Gasteiger partial charge in [0.2, 0.25) is 0 Å². The molecule has 0 radical (unpaired) electrons. The van der Waals surface area contributed by atoms with E-state index in [2.05, 4.69) is 0 Å². The van der Waals surface area contributed by atoms with Crippen LogP contribution in [0.5, 0.6) is 0 Å². The first-order chi connectivity index (χ1) is 19.8. The molecule has 18 heteroatoms. The van der Waals surface area contributed by atoms with Crippen LogP contribution in [0.15, 0.2) is 0 Å². The average molecular weight is 617 g/mol. The first kappa shape index (κ1) is 34.1. The van der Waals surface area contributed by atoms with Crippen LogP contribution < -0.4 is 34.4 Å². The van der Waals surface area contributed by atoms with Crippen molar-refractivity contribution in [1.82, 2.24) is 0 Å². The van der Waals surface area contributed by atoms with E-state index < -0.39 is 123 Å². The number of rotatable bonds is 9. The van der Waals surface area contributed by atoms with Crippen molar-refractivity contribution in [1.29, 1.82) is 0 Å². The molecule has 0 aromatic heterocycles. The van der Waals surface area contributed by atoms with E-state index in [1.165, 1.54) is 0 Å². The molecule has 1 aliphatic carbocycles. The van der Waals surface area contributed by atoms with Crippen molar-refractivity contribution in [3.05, 3.63) is 0 Å². The summed E-state index contributed by atoms with van der Waals surface area (Å²) >= 11 is 0. The lowest BCUT2D eigenvalue weighted by atomic mass is 9.72. The molecule has 3 heterocycles. The number of aliphatic hydroxyl groups is 5. The van der Waals surface area contributed by atoms with Gasteiger partial charge < -0.3 is 83.6 Å². The Hall–Kier alpha value is -0.780. The second-order valence-electron chi connectivity index (χ2n) is 11.7. The van der Waals surface area contributed by atoms with E-state index in [-0.39, 0.29) is 19.4 Å². The number of ether oxygens (including phenoxy) is 5. The molecule has 4 fully saturated rings. The van der Waals surface area contributed by atoms with Gasteiger partial charge in [-0.2, -0.15) is 0 Å². The Kier molecular flexibility index (Phi) is 11.5. The zero-order valence-corrected chi connectivity index (χ0v) is 23.0. The zero-order valence-electron chi connectivity index (χ0n) is 23.0. The van der Waals surface area contributed by atoms with Gasteiger partial charge in [-0.15, -0.1) is 0 Å². The van der Waals surface area contributed by atoms with E-state index in [4.69, 9.17) is 58.1 Å². The van der Waals surface area contributed by atoms with Crippen molar-refractivity contribution in [3.63, 3.8) is 0 Å². The molecule has 4 aliphatic rings. The number of nitrogens with two attached hydrogens (primary N) is 6. The van der Waals surface area contributed by atoms with Gasteiger partial charge in [0.05, 0.1) is 43.1 Å². The maximum atomic E-state index is 13.4. The Morgan fingerprint density at radius 1 is 0.762 bits per heavy atom. The standard InChI is InChI=1S/C24H46F2N6O10/c25-22(26)13(31)9-2-1-6(28)19(38-9)12-7(29)3-8(30)15(34)21(12)42-24-18(37)20(11(5-33)40-24)41-23-14(32)17(36)16(35)10(4-27)39-23/h6-24,33-37H,1-5,27-32H2/t6-,7+,8-,9+,10+,11-,12?,13-,14-,15+,16-,17-,18-,19?,20-,21+,23-,24+/m1/s1. The van der Waals surface area contributed by atoms with Crippen LogP contribution in [0.3, 0.4) is 0 Å². The molecule has 4 rings (SSSR count). The molecule has 16 nitrogen and oxygen atoms in total. The molecule has 42 heavy (non-hydrogen) atoms. The van der Waals surface area contributed by atoms with E-state index in [0.717, 1.165) is 0 Å². The second kappa shape index (κ2) is 14.1. The highest BCUT2D eigenvalue weighted by molar-refractivity contribution is 5.05. The van der Waals surface area contributed by atoms with Crippen molar-refractivity contribution in [2.24, 2.45) is 40.3 Å². The van der Waals surface area contributed by atoms with E-state index in [1.54, 1.807) is 0 Å². The van der Waals surface area contributed by atoms with Gasteiger partial charge in [0, 0.05) is 30.6 Å². The number of halogens is 2. The van der Waals surface area contributed by atoms with Crippen molar-refractivity contribution in [3.8, 4) is 0 Å². The molecule has 3 saturated heterocycles. The van der Waals surface area contributed by atoms with Crippen LogP contribution in [0.2, 0.25) is 0 Å². The first-order valence-electron chi connectivity index (χ1n) is 14.2. The Balaban J connectivity index is 1.53. The molecular formula is C24H46F2N6O10. The quantitative estimate of drug-likeness (QED) is 0.115. The van der Waals surface area contributed by atoms with E-state index in [1.807, 2.05) is 0 Å². The van der Waals surface area contributed by atoms with Crippen LogP contribution in [-0.4, -0.2) is 149 Å². The van der Waals surface area contributed by atoms with Crippen LogP contribution in [0.25, 0.3) is 0 Å². The second-order valence-corrected chi connectivity index (χ2v) is 11.7. The Labute approximate surface area is 241 Å². The number of alkyl halides is 2.